The van der Waals surface area contributed by atoms with Crippen molar-refractivity contribution in [1.29, 1.82) is 0 Å². The molecule has 5 N–H and O–H groups in total. The van der Waals surface area contributed by atoms with Crippen LogP contribution in [0, 0.1) is 0 Å². The average Bonchev–Trinajstić information content (AvgIpc) is 2.29. The van der Waals surface area contributed by atoms with Crippen LogP contribution in [0.4, 0.5) is 0 Å². The van der Waals surface area contributed by atoms with Crippen molar-refractivity contribution in [3.63, 3.8) is 0 Å². The fourth-order valence-corrected chi connectivity index (χ4v) is 2.93. The summed E-state index contributed by atoms with van der Waals surface area (Å²) in [6, 6.07) is 5.58. The van der Waals surface area contributed by atoms with Gasteiger partial charge in [0.1, 0.15) is 5.50 Å². The summed E-state index contributed by atoms with van der Waals surface area (Å²) in [7, 11) is 0. The average molecular weight is 305 g/mol. The number of nitrogens with two attached hydrogens (primary N) is 2. The number of amidine groups is 1. The van der Waals surface area contributed by atoms with E-state index < -0.39 is 0 Å². The maximum absolute atomic E-state index is 5.96. The van der Waals surface area contributed by atoms with Gasteiger partial charge in [-0.1, -0.05) is 29.3 Å². The van der Waals surface area contributed by atoms with Crippen molar-refractivity contribution in [2.24, 2.45) is 16.5 Å². The van der Waals surface area contributed by atoms with E-state index in [1.807, 2.05) is 12.1 Å². The number of aliphatic imine (C=N–C) groups is 1. The molecule has 1 heterocycles. The third-order valence-electron chi connectivity index (χ3n) is 2.46. The van der Waals surface area contributed by atoms with Gasteiger partial charge in [0.25, 0.3) is 0 Å². The second-order valence-electron chi connectivity index (χ2n) is 4.01. The van der Waals surface area contributed by atoms with Crippen molar-refractivity contribution < 1.29 is 0 Å². The summed E-state index contributed by atoms with van der Waals surface area (Å²) >= 11 is 13.4. The fraction of sp³-hybridized carbons (Fsp3) is 0.364. The van der Waals surface area contributed by atoms with Gasteiger partial charge in [-0.05, 0) is 17.7 Å². The van der Waals surface area contributed by atoms with Crippen LogP contribution >= 0.6 is 35.0 Å². The molecule has 4 nitrogen and oxygen atoms in total. The molecule has 1 aromatic rings. The second-order valence-corrected chi connectivity index (χ2v) is 5.89. The first kappa shape index (κ1) is 14.0. The Kier molecular flexibility index (Phi) is 4.75. The third-order valence-corrected chi connectivity index (χ3v) is 4.26. The Morgan fingerprint density at radius 2 is 2.17 bits per heavy atom. The van der Waals surface area contributed by atoms with Gasteiger partial charge in [0.05, 0.1) is 22.0 Å². The summed E-state index contributed by atoms with van der Waals surface area (Å²) in [6.45, 7) is 0. The second kappa shape index (κ2) is 6.12. The Bertz CT molecular complexity index is 466. The normalized spacial score (nSPS) is 23.8. The lowest BCUT2D eigenvalue weighted by Gasteiger charge is -2.25. The van der Waals surface area contributed by atoms with Crippen molar-refractivity contribution >= 4 is 40.8 Å². The SMILES string of the molecule is NC1=NC(SCc2ccc(Cl)c(Cl)c2)NC(N)C1. The van der Waals surface area contributed by atoms with E-state index in [1.54, 1.807) is 17.8 Å². The van der Waals surface area contributed by atoms with Crippen LogP contribution < -0.4 is 16.8 Å². The van der Waals surface area contributed by atoms with E-state index >= 15 is 0 Å². The van der Waals surface area contributed by atoms with Gasteiger partial charge < -0.3 is 11.5 Å². The number of benzene rings is 1. The van der Waals surface area contributed by atoms with Gasteiger partial charge in [0.2, 0.25) is 0 Å². The van der Waals surface area contributed by atoms with Crippen LogP contribution in [0.5, 0.6) is 0 Å². The molecule has 0 saturated heterocycles. The molecule has 0 aliphatic carbocycles. The van der Waals surface area contributed by atoms with E-state index in [2.05, 4.69) is 10.3 Å². The number of halogens is 2. The molecule has 0 amide bonds. The smallest absolute Gasteiger partial charge is 0.150 e. The Balaban J connectivity index is 1.95. The first-order chi connectivity index (χ1) is 8.54. The zero-order valence-electron chi connectivity index (χ0n) is 9.57. The highest BCUT2D eigenvalue weighted by Gasteiger charge is 2.18. The van der Waals surface area contributed by atoms with Crippen LogP contribution in [0.25, 0.3) is 0 Å². The molecule has 18 heavy (non-hydrogen) atoms. The Morgan fingerprint density at radius 3 is 2.83 bits per heavy atom. The molecule has 1 aromatic carbocycles. The standard InChI is InChI=1S/C11H14Cl2N4S/c12-7-2-1-6(3-8(7)13)5-18-11-16-9(14)4-10(15)17-11/h1-3,9,11,16H,4-5,14H2,(H2,15,17). The molecule has 0 radical (unpaired) electrons. The predicted molar refractivity (Wildman–Crippen MR) is 78.9 cm³/mol. The zero-order valence-corrected chi connectivity index (χ0v) is 11.9. The number of nitrogens with zero attached hydrogens (tertiary/aromatic N) is 1. The van der Waals surface area contributed by atoms with Crippen molar-refractivity contribution in [1.82, 2.24) is 5.32 Å². The molecule has 0 saturated carbocycles. The van der Waals surface area contributed by atoms with Crippen LogP contribution in [0.1, 0.15) is 12.0 Å². The van der Waals surface area contributed by atoms with E-state index in [-0.39, 0.29) is 11.7 Å². The van der Waals surface area contributed by atoms with Crippen LogP contribution in [0.15, 0.2) is 23.2 Å². The monoisotopic (exact) mass is 304 g/mol. The number of hydrogen-bond donors (Lipinski definition) is 3. The molecule has 98 valence electrons. The molecule has 2 atom stereocenters. The number of rotatable bonds is 3. The number of hydrogen-bond acceptors (Lipinski definition) is 5. The maximum atomic E-state index is 5.96. The highest BCUT2D eigenvalue weighted by atomic mass is 35.5. The van der Waals surface area contributed by atoms with Crippen LogP contribution in [-0.2, 0) is 5.75 Å². The van der Waals surface area contributed by atoms with Gasteiger partial charge in [0, 0.05) is 12.2 Å². The minimum Gasteiger partial charge on any atom is -0.387 e. The third kappa shape index (κ3) is 3.76. The predicted octanol–water partition coefficient (Wildman–Crippen LogP) is 2.15. The molecule has 2 rings (SSSR count). The van der Waals surface area contributed by atoms with Crippen molar-refractivity contribution in [2.45, 2.75) is 23.8 Å². The molecule has 0 aromatic heterocycles. The lowest BCUT2D eigenvalue weighted by atomic mass is 10.2. The molecular formula is C11H14Cl2N4S. The first-order valence-electron chi connectivity index (χ1n) is 5.44. The number of thioether (sulfide) groups is 1. The largest absolute Gasteiger partial charge is 0.387 e. The minimum absolute atomic E-state index is 0.108. The van der Waals surface area contributed by atoms with Gasteiger partial charge in [-0.15, -0.1) is 11.8 Å². The summed E-state index contributed by atoms with van der Waals surface area (Å²) in [5.41, 5.74) is 12.5. The summed E-state index contributed by atoms with van der Waals surface area (Å²) in [5.74, 6) is 1.35. The van der Waals surface area contributed by atoms with E-state index in [0.717, 1.165) is 11.3 Å². The van der Waals surface area contributed by atoms with E-state index in [1.165, 1.54) is 0 Å². The van der Waals surface area contributed by atoms with Crippen LogP contribution in [0.3, 0.4) is 0 Å². The summed E-state index contributed by atoms with van der Waals surface area (Å²) in [5, 5.41) is 4.28. The molecule has 0 fully saturated rings. The van der Waals surface area contributed by atoms with Gasteiger partial charge in [-0.3, -0.25) is 5.32 Å². The van der Waals surface area contributed by atoms with Gasteiger partial charge >= 0.3 is 0 Å². The van der Waals surface area contributed by atoms with Crippen LogP contribution in [-0.4, -0.2) is 17.5 Å². The quantitative estimate of drug-likeness (QED) is 0.800. The topological polar surface area (TPSA) is 76.4 Å². The number of nitrogens with one attached hydrogen (secondary N) is 1. The summed E-state index contributed by atoms with van der Waals surface area (Å²) < 4.78 is 0. The minimum atomic E-state index is -0.131. The molecule has 1 aliphatic rings. The van der Waals surface area contributed by atoms with Crippen LogP contribution in [0.2, 0.25) is 10.0 Å². The van der Waals surface area contributed by atoms with Crippen molar-refractivity contribution in [3.8, 4) is 0 Å². The van der Waals surface area contributed by atoms with E-state index in [4.69, 9.17) is 34.7 Å². The lowest BCUT2D eigenvalue weighted by Crippen LogP contribution is -2.48. The molecule has 2 unspecified atom stereocenters. The molecular weight excluding hydrogens is 291 g/mol. The highest BCUT2D eigenvalue weighted by Crippen LogP contribution is 2.26. The highest BCUT2D eigenvalue weighted by molar-refractivity contribution is 7.99. The van der Waals surface area contributed by atoms with E-state index in [0.29, 0.717) is 22.3 Å². The Labute approximate surface area is 120 Å². The molecule has 0 bridgehead atoms. The Morgan fingerprint density at radius 1 is 1.39 bits per heavy atom. The van der Waals surface area contributed by atoms with E-state index in [9.17, 15) is 0 Å². The van der Waals surface area contributed by atoms with Crippen molar-refractivity contribution in [2.75, 3.05) is 0 Å². The van der Waals surface area contributed by atoms with Crippen molar-refractivity contribution in [3.05, 3.63) is 33.8 Å². The molecule has 7 heteroatoms. The molecule has 1 aliphatic heterocycles. The lowest BCUT2D eigenvalue weighted by molar-refractivity contribution is 0.507. The Hall–Kier alpha value is -0.460. The van der Waals surface area contributed by atoms with Gasteiger partial charge in [-0.25, -0.2) is 4.99 Å². The summed E-state index contributed by atoms with van der Waals surface area (Å²) in [6.07, 6.45) is 0.456. The fourth-order valence-electron chi connectivity index (χ4n) is 1.60. The molecule has 0 spiro atoms. The van der Waals surface area contributed by atoms with Gasteiger partial charge in [-0.2, -0.15) is 0 Å². The summed E-state index contributed by atoms with van der Waals surface area (Å²) in [4.78, 5) is 4.29. The first-order valence-corrected chi connectivity index (χ1v) is 7.24. The van der Waals surface area contributed by atoms with Gasteiger partial charge in [0.15, 0.2) is 0 Å². The zero-order chi connectivity index (χ0) is 13.1. The maximum Gasteiger partial charge on any atom is 0.150 e.